The van der Waals surface area contributed by atoms with Crippen LogP contribution in [0.1, 0.15) is 32.3 Å². The summed E-state index contributed by atoms with van der Waals surface area (Å²) in [5, 5.41) is -0.422. The van der Waals surface area contributed by atoms with E-state index < -0.39 is 16.0 Å². The van der Waals surface area contributed by atoms with Crippen LogP contribution in [0.25, 0.3) is 6.08 Å². The van der Waals surface area contributed by atoms with Gasteiger partial charge >= 0.3 is 0 Å². The molecule has 0 unspecified atom stereocenters. The van der Waals surface area contributed by atoms with Gasteiger partial charge in [-0.25, -0.2) is 0 Å². The normalized spacial score (nSPS) is 19.3. The second kappa shape index (κ2) is 8.28. The molecule has 1 aromatic rings. The molecular weight excluding hydrogens is 294 g/mol. The van der Waals surface area contributed by atoms with E-state index in [2.05, 4.69) is 6.92 Å². The molecule has 4 heteroatoms. The first-order chi connectivity index (χ1) is 10.6. The summed E-state index contributed by atoms with van der Waals surface area (Å²) < 4.78 is 12.3. The molecule has 0 aromatic heterocycles. The van der Waals surface area contributed by atoms with Crippen LogP contribution in [0.4, 0.5) is 0 Å². The number of hydrogen-bond acceptors (Lipinski definition) is 2. The highest BCUT2D eigenvalue weighted by Gasteiger charge is 2.27. The largest absolute Gasteiger partial charge is 0.342 e. The van der Waals surface area contributed by atoms with Gasteiger partial charge in [0.2, 0.25) is 5.91 Å². The molecule has 0 saturated carbocycles. The van der Waals surface area contributed by atoms with Crippen molar-refractivity contribution in [1.82, 2.24) is 4.90 Å². The molecule has 0 bridgehead atoms. The van der Waals surface area contributed by atoms with Crippen LogP contribution < -0.4 is 0 Å². The molecule has 2 atom stereocenters. The summed E-state index contributed by atoms with van der Waals surface area (Å²) in [4.78, 5) is 14.3. The molecule has 2 rings (SSSR count). The Balaban J connectivity index is 1.84. The zero-order valence-corrected chi connectivity index (χ0v) is 14.2. The summed E-state index contributed by atoms with van der Waals surface area (Å²) in [6.45, 7) is 5.62. The van der Waals surface area contributed by atoms with Gasteiger partial charge in [0.05, 0.1) is 0 Å². The second-order valence-electron chi connectivity index (χ2n) is 6.01. The highest BCUT2D eigenvalue weighted by Crippen LogP contribution is 2.17. The van der Waals surface area contributed by atoms with Gasteiger partial charge in [0, 0.05) is 29.6 Å². The average molecular weight is 319 g/mol. The standard InChI is InChI=1S/C18H25NO2S/c1-15-10-12-19(13-11-15)18(20)16(2)22(21)14-6-9-17-7-4-3-5-8-17/h3-9,15-16H,10-14H2,1-2H3/b9-6+/t16-,22-/m1/s1. The summed E-state index contributed by atoms with van der Waals surface area (Å²) >= 11 is 0. The molecule has 1 amide bonds. The van der Waals surface area contributed by atoms with Gasteiger partial charge in [-0.1, -0.05) is 49.4 Å². The van der Waals surface area contributed by atoms with Crippen molar-refractivity contribution in [3.05, 3.63) is 42.0 Å². The van der Waals surface area contributed by atoms with Crippen molar-refractivity contribution < 1.29 is 9.00 Å². The molecule has 120 valence electrons. The molecule has 0 N–H and O–H groups in total. The molecular formula is C18H25NO2S. The van der Waals surface area contributed by atoms with E-state index in [0.29, 0.717) is 11.7 Å². The number of likely N-dealkylation sites (tertiary alicyclic amines) is 1. The maximum absolute atomic E-state index is 12.4. The van der Waals surface area contributed by atoms with Crippen molar-refractivity contribution in [3.8, 4) is 0 Å². The summed E-state index contributed by atoms with van der Waals surface area (Å²) in [5.74, 6) is 1.16. The van der Waals surface area contributed by atoms with Gasteiger partial charge in [0.15, 0.2) is 0 Å². The Labute approximate surface area is 135 Å². The molecule has 1 aliphatic rings. The zero-order valence-electron chi connectivity index (χ0n) is 13.4. The third kappa shape index (κ3) is 4.80. The predicted molar refractivity (Wildman–Crippen MR) is 92.9 cm³/mol. The van der Waals surface area contributed by atoms with Gasteiger partial charge in [-0.3, -0.25) is 9.00 Å². The quantitative estimate of drug-likeness (QED) is 0.836. The molecule has 22 heavy (non-hydrogen) atoms. The highest BCUT2D eigenvalue weighted by molar-refractivity contribution is 7.86. The maximum atomic E-state index is 12.4. The fraction of sp³-hybridized carbons (Fsp3) is 0.500. The van der Waals surface area contributed by atoms with Crippen LogP contribution in [-0.2, 0) is 15.6 Å². The molecule has 3 nitrogen and oxygen atoms in total. The van der Waals surface area contributed by atoms with Crippen molar-refractivity contribution in [2.45, 2.75) is 31.9 Å². The van der Waals surface area contributed by atoms with Crippen LogP contribution in [0, 0.1) is 5.92 Å². The SMILES string of the molecule is CC1CCN(C(=O)[C@@H](C)[S@](=O)C/C=C/c2ccccc2)CC1. The van der Waals surface area contributed by atoms with Crippen LogP contribution in [-0.4, -0.2) is 39.1 Å². The Bertz CT molecular complexity index is 533. The fourth-order valence-electron chi connectivity index (χ4n) is 2.59. The minimum Gasteiger partial charge on any atom is -0.342 e. The first kappa shape index (κ1) is 16.9. The minimum absolute atomic E-state index is 0.0401. The van der Waals surface area contributed by atoms with E-state index in [4.69, 9.17) is 0 Å². The zero-order chi connectivity index (χ0) is 15.9. The lowest BCUT2D eigenvalue weighted by atomic mass is 9.99. The first-order valence-electron chi connectivity index (χ1n) is 7.95. The van der Waals surface area contributed by atoms with E-state index in [0.717, 1.165) is 31.5 Å². The Kier molecular flexibility index (Phi) is 6.37. The molecule has 1 heterocycles. The maximum Gasteiger partial charge on any atom is 0.238 e. The second-order valence-corrected chi connectivity index (χ2v) is 7.81. The number of nitrogens with zero attached hydrogens (tertiary/aromatic N) is 1. The Morgan fingerprint density at radius 1 is 1.32 bits per heavy atom. The van der Waals surface area contributed by atoms with Crippen LogP contribution in [0.5, 0.6) is 0 Å². The minimum atomic E-state index is -1.16. The molecule has 0 radical (unpaired) electrons. The number of carbonyl (C=O) groups excluding carboxylic acids is 1. The van der Waals surface area contributed by atoms with Crippen molar-refractivity contribution in [2.75, 3.05) is 18.8 Å². The third-order valence-electron chi connectivity index (χ3n) is 4.21. The van der Waals surface area contributed by atoms with E-state index in [9.17, 15) is 9.00 Å². The number of benzene rings is 1. The van der Waals surface area contributed by atoms with Gasteiger partial charge in [-0.15, -0.1) is 0 Å². The van der Waals surface area contributed by atoms with E-state index in [1.54, 1.807) is 6.92 Å². The van der Waals surface area contributed by atoms with Crippen molar-refractivity contribution in [1.29, 1.82) is 0 Å². The first-order valence-corrected chi connectivity index (χ1v) is 9.33. The highest BCUT2D eigenvalue weighted by atomic mass is 32.2. The topological polar surface area (TPSA) is 37.4 Å². The van der Waals surface area contributed by atoms with Crippen molar-refractivity contribution in [3.63, 3.8) is 0 Å². The van der Waals surface area contributed by atoms with Crippen molar-refractivity contribution in [2.24, 2.45) is 5.92 Å². The van der Waals surface area contributed by atoms with Crippen molar-refractivity contribution >= 4 is 22.8 Å². The van der Waals surface area contributed by atoms with E-state index in [1.165, 1.54) is 0 Å². The Hall–Kier alpha value is -1.42. The lowest BCUT2D eigenvalue weighted by Crippen LogP contribution is -2.44. The van der Waals surface area contributed by atoms with Crippen LogP contribution >= 0.6 is 0 Å². The lowest BCUT2D eigenvalue weighted by molar-refractivity contribution is -0.131. The molecule has 0 spiro atoms. The molecule has 0 aliphatic carbocycles. The molecule has 1 saturated heterocycles. The average Bonchev–Trinajstić information content (AvgIpc) is 2.55. The van der Waals surface area contributed by atoms with E-state index in [-0.39, 0.29) is 5.91 Å². The van der Waals surface area contributed by atoms with E-state index in [1.807, 2.05) is 47.4 Å². The summed E-state index contributed by atoms with van der Waals surface area (Å²) in [6, 6.07) is 9.92. The van der Waals surface area contributed by atoms with Gasteiger partial charge in [0.1, 0.15) is 5.25 Å². The molecule has 1 aliphatic heterocycles. The van der Waals surface area contributed by atoms with Gasteiger partial charge in [-0.05, 0) is 31.2 Å². The summed E-state index contributed by atoms with van der Waals surface area (Å²) in [5.41, 5.74) is 1.09. The lowest BCUT2D eigenvalue weighted by Gasteiger charge is -2.31. The molecule has 1 fully saturated rings. The van der Waals surface area contributed by atoms with Gasteiger partial charge in [0.25, 0.3) is 0 Å². The Morgan fingerprint density at radius 2 is 1.95 bits per heavy atom. The Morgan fingerprint density at radius 3 is 2.59 bits per heavy atom. The number of carbonyl (C=O) groups is 1. The van der Waals surface area contributed by atoms with Crippen LogP contribution in [0.2, 0.25) is 0 Å². The third-order valence-corrected chi connectivity index (χ3v) is 5.72. The molecule has 1 aromatic carbocycles. The number of piperidine rings is 1. The van der Waals surface area contributed by atoms with Crippen LogP contribution in [0.15, 0.2) is 36.4 Å². The smallest absolute Gasteiger partial charge is 0.238 e. The van der Waals surface area contributed by atoms with E-state index >= 15 is 0 Å². The number of rotatable bonds is 5. The summed E-state index contributed by atoms with van der Waals surface area (Å²) in [7, 11) is -1.16. The predicted octanol–water partition coefficient (Wildman–Crippen LogP) is 3.10. The van der Waals surface area contributed by atoms with Gasteiger partial charge < -0.3 is 4.90 Å². The van der Waals surface area contributed by atoms with Gasteiger partial charge in [-0.2, -0.15) is 0 Å². The number of amides is 1. The monoisotopic (exact) mass is 319 g/mol. The van der Waals surface area contributed by atoms with Crippen LogP contribution in [0.3, 0.4) is 0 Å². The summed E-state index contributed by atoms with van der Waals surface area (Å²) in [6.07, 6.45) is 5.96. The fourth-order valence-corrected chi connectivity index (χ4v) is 3.53. The number of hydrogen-bond donors (Lipinski definition) is 0.